The van der Waals surface area contributed by atoms with E-state index in [4.69, 9.17) is 11.6 Å². The Morgan fingerprint density at radius 2 is 2.12 bits per heavy atom. The van der Waals surface area contributed by atoms with Crippen molar-refractivity contribution >= 4 is 40.1 Å². The minimum Gasteiger partial charge on any atom is -0.234 e. The van der Waals surface area contributed by atoms with Crippen molar-refractivity contribution in [1.82, 2.24) is 0 Å². The number of rotatable bonds is 3. The Labute approximate surface area is 115 Å². The van der Waals surface area contributed by atoms with Crippen LogP contribution in [0.2, 0.25) is 4.34 Å². The maximum absolute atomic E-state index is 11.8. The molecule has 1 aromatic rings. The minimum atomic E-state index is -1.19. The smallest absolute Gasteiger partial charge is 0.144 e. The average molecular weight is 292 g/mol. The van der Waals surface area contributed by atoms with E-state index >= 15 is 0 Å². The number of nitrogens with zero attached hydrogens (tertiary/aromatic N) is 1. The molecule has 0 fully saturated rings. The number of thiophene rings is 1. The molecule has 0 aliphatic carbocycles. The van der Waals surface area contributed by atoms with Crippen LogP contribution in [-0.4, -0.2) is 15.2 Å². The second-order valence-electron chi connectivity index (χ2n) is 5.00. The van der Waals surface area contributed by atoms with E-state index in [2.05, 4.69) is 4.40 Å². The first kappa shape index (κ1) is 14.9. The summed E-state index contributed by atoms with van der Waals surface area (Å²) in [6.45, 7) is 9.82. The summed E-state index contributed by atoms with van der Waals surface area (Å²) < 4.78 is 16.4. The predicted molar refractivity (Wildman–Crippen MR) is 78.9 cm³/mol. The third-order valence-corrected chi connectivity index (χ3v) is 5.17. The second kappa shape index (κ2) is 5.63. The SMILES string of the molecule is Cc1cc(Cl)sc1C(C)/C=N/[S@](=O)C(C)(C)C. The molecule has 5 heteroatoms. The highest BCUT2D eigenvalue weighted by Crippen LogP contribution is 2.31. The highest BCUT2D eigenvalue weighted by atomic mass is 35.5. The molecule has 0 saturated carbocycles. The van der Waals surface area contributed by atoms with Crippen LogP contribution >= 0.6 is 22.9 Å². The third kappa shape index (κ3) is 4.19. The van der Waals surface area contributed by atoms with Gasteiger partial charge in [-0.1, -0.05) is 18.5 Å². The Balaban J connectivity index is 2.80. The van der Waals surface area contributed by atoms with Gasteiger partial charge in [-0.2, -0.15) is 4.40 Å². The van der Waals surface area contributed by atoms with Gasteiger partial charge in [0, 0.05) is 17.0 Å². The Kier molecular flexibility index (Phi) is 4.93. The normalized spacial score (nSPS) is 16.4. The van der Waals surface area contributed by atoms with Crippen LogP contribution < -0.4 is 0 Å². The lowest BCUT2D eigenvalue weighted by Gasteiger charge is -2.13. The summed E-state index contributed by atoms with van der Waals surface area (Å²) in [7, 11) is -1.19. The van der Waals surface area contributed by atoms with Crippen molar-refractivity contribution in [2.24, 2.45) is 4.40 Å². The first-order valence-corrected chi connectivity index (χ1v) is 7.74. The number of aryl methyl sites for hydroxylation is 1. The lowest BCUT2D eigenvalue weighted by atomic mass is 10.1. The molecule has 0 aromatic carbocycles. The minimum absolute atomic E-state index is 0.152. The van der Waals surface area contributed by atoms with Crippen molar-refractivity contribution in [2.45, 2.75) is 45.3 Å². The molecule has 1 heterocycles. The summed E-state index contributed by atoms with van der Waals surface area (Å²) in [5, 5.41) is 0. The van der Waals surface area contributed by atoms with Crippen molar-refractivity contribution in [1.29, 1.82) is 0 Å². The van der Waals surface area contributed by atoms with E-state index < -0.39 is 11.0 Å². The molecule has 0 radical (unpaired) electrons. The quantitative estimate of drug-likeness (QED) is 0.762. The van der Waals surface area contributed by atoms with Crippen LogP contribution in [0.4, 0.5) is 0 Å². The molecule has 2 atom stereocenters. The highest BCUT2D eigenvalue weighted by Gasteiger charge is 2.19. The summed E-state index contributed by atoms with van der Waals surface area (Å²) in [6.07, 6.45) is 1.76. The van der Waals surface area contributed by atoms with Crippen LogP contribution in [0.1, 0.15) is 44.1 Å². The Bertz CT molecular complexity index is 446. The molecule has 1 aromatic heterocycles. The molecular formula is C12H18ClNOS2. The van der Waals surface area contributed by atoms with E-state index in [1.165, 1.54) is 10.4 Å². The summed E-state index contributed by atoms with van der Waals surface area (Å²) in [6, 6.07) is 1.95. The Morgan fingerprint density at radius 3 is 2.53 bits per heavy atom. The lowest BCUT2D eigenvalue weighted by molar-refractivity contribution is 0.650. The van der Waals surface area contributed by atoms with E-state index in [1.54, 1.807) is 17.6 Å². The summed E-state index contributed by atoms with van der Waals surface area (Å²) in [5.74, 6) is 0.152. The number of halogens is 1. The van der Waals surface area contributed by atoms with Crippen LogP contribution in [0.15, 0.2) is 10.5 Å². The van der Waals surface area contributed by atoms with Gasteiger partial charge in [-0.25, -0.2) is 4.21 Å². The van der Waals surface area contributed by atoms with Gasteiger partial charge in [-0.05, 0) is 39.3 Å². The van der Waals surface area contributed by atoms with E-state index in [1.807, 2.05) is 40.7 Å². The molecule has 0 saturated heterocycles. The molecule has 17 heavy (non-hydrogen) atoms. The Morgan fingerprint density at radius 1 is 1.53 bits per heavy atom. The maximum Gasteiger partial charge on any atom is 0.144 e. The van der Waals surface area contributed by atoms with Crippen molar-refractivity contribution in [3.8, 4) is 0 Å². The van der Waals surface area contributed by atoms with Gasteiger partial charge in [0.05, 0.1) is 9.08 Å². The summed E-state index contributed by atoms with van der Waals surface area (Å²) in [4.78, 5) is 1.18. The number of hydrogen-bond donors (Lipinski definition) is 0. The molecule has 96 valence electrons. The molecule has 0 bridgehead atoms. The van der Waals surface area contributed by atoms with Crippen LogP contribution in [-0.2, 0) is 11.0 Å². The molecule has 1 unspecified atom stereocenters. The van der Waals surface area contributed by atoms with E-state index in [9.17, 15) is 4.21 Å². The topological polar surface area (TPSA) is 29.4 Å². The monoisotopic (exact) mass is 291 g/mol. The van der Waals surface area contributed by atoms with E-state index in [-0.39, 0.29) is 10.7 Å². The fraction of sp³-hybridized carbons (Fsp3) is 0.583. The first-order valence-electron chi connectivity index (χ1n) is 5.44. The summed E-state index contributed by atoms with van der Waals surface area (Å²) in [5.41, 5.74) is 1.17. The number of hydrogen-bond acceptors (Lipinski definition) is 2. The van der Waals surface area contributed by atoms with Gasteiger partial charge < -0.3 is 0 Å². The fourth-order valence-electron chi connectivity index (χ4n) is 1.28. The van der Waals surface area contributed by atoms with Crippen molar-refractivity contribution in [2.75, 3.05) is 0 Å². The van der Waals surface area contributed by atoms with Crippen LogP contribution in [0.25, 0.3) is 0 Å². The van der Waals surface area contributed by atoms with Gasteiger partial charge in [0.15, 0.2) is 0 Å². The zero-order chi connectivity index (χ0) is 13.2. The van der Waals surface area contributed by atoms with Crippen molar-refractivity contribution in [3.05, 3.63) is 20.8 Å². The lowest BCUT2D eigenvalue weighted by Crippen LogP contribution is -2.19. The second-order valence-corrected chi connectivity index (χ2v) is 8.65. The van der Waals surface area contributed by atoms with E-state index in [0.717, 1.165) is 4.34 Å². The van der Waals surface area contributed by atoms with Crippen LogP contribution in [0.5, 0.6) is 0 Å². The molecule has 0 spiro atoms. The molecule has 0 N–H and O–H groups in total. The van der Waals surface area contributed by atoms with Crippen LogP contribution in [0, 0.1) is 6.92 Å². The van der Waals surface area contributed by atoms with Gasteiger partial charge in [0.2, 0.25) is 0 Å². The average Bonchev–Trinajstić information content (AvgIpc) is 2.52. The van der Waals surface area contributed by atoms with Gasteiger partial charge in [0.25, 0.3) is 0 Å². The van der Waals surface area contributed by atoms with Crippen molar-refractivity contribution < 1.29 is 4.21 Å². The molecule has 0 amide bonds. The van der Waals surface area contributed by atoms with Crippen LogP contribution in [0.3, 0.4) is 0 Å². The third-order valence-electron chi connectivity index (χ3n) is 2.24. The molecule has 1 rings (SSSR count). The Hall–Kier alpha value is -0.190. The first-order chi connectivity index (χ1) is 7.71. The van der Waals surface area contributed by atoms with Gasteiger partial charge >= 0.3 is 0 Å². The molecule has 0 aliphatic rings. The van der Waals surface area contributed by atoms with Gasteiger partial charge in [-0.15, -0.1) is 11.3 Å². The van der Waals surface area contributed by atoms with E-state index in [0.29, 0.717) is 0 Å². The largest absolute Gasteiger partial charge is 0.234 e. The standard InChI is InChI=1S/C12H18ClNOS2/c1-8-6-10(13)16-11(8)9(2)7-14-17(15)12(3,4)5/h6-7,9H,1-5H3/b14-7+/t9?,17-/m1/s1. The van der Waals surface area contributed by atoms with Crippen molar-refractivity contribution in [3.63, 3.8) is 0 Å². The highest BCUT2D eigenvalue weighted by molar-refractivity contribution is 7.85. The van der Waals surface area contributed by atoms with Gasteiger partial charge in [0.1, 0.15) is 11.0 Å². The summed E-state index contributed by atoms with van der Waals surface area (Å²) >= 11 is 7.52. The molecule has 2 nitrogen and oxygen atoms in total. The fourth-order valence-corrected chi connectivity index (χ4v) is 3.22. The maximum atomic E-state index is 11.8. The zero-order valence-electron chi connectivity index (χ0n) is 10.8. The zero-order valence-corrected chi connectivity index (χ0v) is 13.2. The van der Waals surface area contributed by atoms with Gasteiger partial charge in [-0.3, -0.25) is 0 Å². The molecular weight excluding hydrogens is 274 g/mol. The molecule has 0 aliphatic heterocycles. The predicted octanol–water partition coefficient (Wildman–Crippen LogP) is 4.35.